The first-order valence-electron chi connectivity index (χ1n) is 3.77. The molecule has 0 aliphatic rings. The van der Waals surface area contributed by atoms with E-state index in [-0.39, 0.29) is 18.6 Å². The Kier molecular flexibility index (Phi) is 4.65. The van der Waals surface area contributed by atoms with Crippen LogP contribution < -0.4 is 0 Å². The largest absolute Gasteiger partial charge is 0.396 e. The highest BCUT2D eigenvalue weighted by Crippen LogP contribution is 2.14. The van der Waals surface area contributed by atoms with Gasteiger partial charge < -0.3 is 9.84 Å². The van der Waals surface area contributed by atoms with Gasteiger partial charge in [0.15, 0.2) is 0 Å². The van der Waals surface area contributed by atoms with E-state index in [2.05, 4.69) is 13.8 Å². The average Bonchev–Trinajstić information content (AvgIpc) is 1.88. The van der Waals surface area contributed by atoms with E-state index in [0.717, 1.165) is 0 Å². The molecule has 0 rings (SSSR count). The lowest BCUT2D eigenvalue weighted by Crippen LogP contribution is -2.28. The Balaban J connectivity index is 3.80. The number of methoxy groups -OCH3 is 1. The number of hydrogen-bond donors (Lipinski definition) is 1. The van der Waals surface area contributed by atoms with Crippen LogP contribution in [0.4, 0.5) is 0 Å². The fourth-order valence-electron chi connectivity index (χ4n) is 1.27. The monoisotopic (exact) mass is 146 g/mol. The summed E-state index contributed by atoms with van der Waals surface area (Å²) >= 11 is 0. The zero-order chi connectivity index (χ0) is 8.15. The average molecular weight is 146 g/mol. The van der Waals surface area contributed by atoms with Crippen LogP contribution in [-0.4, -0.2) is 24.9 Å². The standard InChI is InChI=1S/C8H18O2/c1-6(2)8(10-4)7(3)5-9/h6-9H,5H2,1-4H3/t7-,8+/m1/s1. The van der Waals surface area contributed by atoms with E-state index in [4.69, 9.17) is 9.84 Å². The van der Waals surface area contributed by atoms with Crippen molar-refractivity contribution < 1.29 is 9.84 Å². The minimum absolute atomic E-state index is 0.185. The first-order chi connectivity index (χ1) is 4.63. The van der Waals surface area contributed by atoms with Crippen LogP contribution in [0.3, 0.4) is 0 Å². The lowest BCUT2D eigenvalue weighted by atomic mass is 9.95. The van der Waals surface area contributed by atoms with Crippen molar-refractivity contribution in [2.75, 3.05) is 13.7 Å². The fraction of sp³-hybridized carbons (Fsp3) is 1.00. The molecular formula is C8H18O2. The molecule has 0 spiro atoms. The summed E-state index contributed by atoms with van der Waals surface area (Å²) in [6.07, 6.45) is 0.185. The van der Waals surface area contributed by atoms with E-state index in [1.807, 2.05) is 6.92 Å². The minimum atomic E-state index is 0.185. The lowest BCUT2D eigenvalue weighted by Gasteiger charge is -2.24. The van der Waals surface area contributed by atoms with Gasteiger partial charge in [-0.05, 0) is 5.92 Å². The maximum absolute atomic E-state index is 8.81. The topological polar surface area (TPSA) is 29.5 Å². The van der Waals surface area contributed by atoms with Gasteiger partial charge in [-0.15, -0.1) is 0 Å². The summed E-state index contributed by atoms with van der Waals surface area (Å²) in [5, 5.41) is 8.81. The van der Waals surface area contributed by atoms with Gasteiger partial charge in [-0.3, -0.25) is 0 Å². The van der Waals surface area contributed by atoms with Crippen LogP contribution in [0.1, 0.15) is 20.8 Å². The van der Waals surface area contributed by atoms with Gasteiger partial charge in [0.25, 0.3) is 0 Å². The molecule has 2 atom stereocenters. The molecule has 0 aliphatic carbocycles. The van der Waals surface area contributed by atoms with Crippen LogP contribution in [0.5, 0.6) is 0 Å². The molecule has 1 N–H and O–H groups in total. The van der Waals surface area contributed by atoms with Gasteiger partial charge in [-0.1, -0.05) is 20.8 Å². The van der Waals surface area contributed by atoms with Crippen LogP contribution in [0.15, 0.2) is 0 Å². The number of rotatable bonds is 4. The molecule has 0 saturated carbocycles. The molecule has 62 valence electrons. The number of aliphatic hydroxyl groups excluding tert-OH is 1. The fourth-order valence-corrected chi connectivity index (χ4v) is 1.27. The maximum Gasteiger partial charge on any atom is 0.0641 e. The second kappa shape index (κ2) is 4.69. The van der Waals surface area contributed by atoms with E-state index >= 15 is 0 Å². The van der Waals surface area contributed by atoms with Gasteiger partial charge in [-0.25, -0.2) is 0 Å². The summed E-state index contributed by atoms with van der Waals surface area (Å²) in [5.41, 5.74) is 0. The van der Waals surface area contributed by atoms with Gasteiger partial charge >= 0.3 is 0 Å². The van der Waals surface area contributed by atoms with Gasteiger partial charge in [0.05, 0.1) is 6.10 Å². The Morgan fingerprint density at radius 1 is 1.30 bits per heavy atom. The molecule has 0 unspecified atom stereocenters. The van der Waals surface area contributed by atoms with Crippen LogP contribution in [-0.2, 0) is 4.74 Å². The van der Waals surface area contributed by atoms with Crippen LogP contribution in [0.25, 0.3) is 0 Å². The highest BCUT2D eigenvalue weighted by molar-refractivity contribution is 4.67. The van der Waals surface area contributed by atoms with E-state index in [9.17, 15) is 0 Å². The lowest BCUT2D eigenvalue weighted by molar-refractivity contribution is 0.00318. The van der Waals surface area contributed by atoms with Gasteiger partial charge in [-0.2, -0.15) is 0 Å². The van der Waals surface area contributed by atoms with Crippen molar-refractivity contribution in [1.82, 2.24) is 0 Å². The predicted molar refractivity (Wildman–Crippen MR) is 41.9 cm³/mol. The molecule has 2 nitrogen and oxygen atoms in total. The first kappa shape index (κ1) is 9.92. The van der Waals surface area contributed by atoms with Gasteiger partial charge in [0.2, 0.25) is 0 Å². The minimum Gasteiger partial charge on any atom is -0.396 e. The second-order valence-electron chi connectivity index (χ2n) is 3.10. The molecule has 0 fully saturated rings. The summed E-state index contributed by atoms with van der Waals surface area (Å²) < 4.78 is 5.20. The summed E-state index contributed by atoms with van der Waals surface area (Å²) in [6, 6.07) is 0. The molecule has 10 heavy (non-hydrogen) atoms. The second-order valence-corrected chi connectivity index (χ2v) is 3.10. The third-order valence-electron chi connectivity index (χ3n) is 1.78. The Labute approximate surface area is 63.2 Å². The molecular weight excluding hydrogens is 128 g/mol. The number of aliphatic hydroxyl groups is 1. The molecule has 0 amide bonds. The molecule has 0 aromatic rings. The van der Waals surface area contributed by atoms with Crippen molar-refractivity contribution in [1.29, 1.82) is 0 Å². The van der Waals surface area contributed by atoms with Crippen molar-refractivity contribution in [3.05, 3.63) is 0 Å². The third kappa shape index (κ3) is 2.67. The molecule has 2 heteroatoms. The van der Waals surface area contributed by atoms with Crippen molar-refractivity contribution >= 4 is 0 Å². The molecule has 0 aliphatic heterocycles. The highest BCUT2D eigenvalue weighted by atomic mass is 16.5. The molecule has 0 aromatic carbocycles. The molecule has 0 bridgehead atoms. The maximum atomic E-state index is 8.81. The van der Waals surface area contributed by atoms with Gasteiger partial charge in [0, 0.05) is 19.6 Å². The Morgan fingerprint density at radius 3 is 1.90 bits per heavy atom. The Hall–Kier alpha value is -0.0800. The normalized spacial score (nSPS) is 17.4. The molecule has 0 aromatic heterocycles. The molecule has 0 radical (unpaired) electrons. The number of ether oxygens (including phenoxy) is 1. The Bertz CT molecular complexity index is 81.3. The van der Waals surface area contributed by atoms with Crippen LogP contribution >= 0.6 is 0 Å². The molecule has 0 heterocycles. The zero-order valence-electron chi connectivity index (χ0n) is 7.29. The number of hydrogen-bond acceptors (Lipinski definition) is 2. The molecule has 0 saturated heterocycles. The summed E-state index contributed by atoms with van der Waals surface area (Å²) in [7, 11) is 1.69. The van der Waals surface area contributed by atoms with E-state index in [1.165, 1.54) is 0 Å². The van der Waals surface area contributed by atoms with Crippen molar-refractivity contribution in [3.8, 4) is 0 Å². The highest BCUT2D eigenvalue weighted by Gasteiger charge is 2.18. The summed E-state index contributed by atoms with van der Waals surface area (Å²) in [6.45, 7) is 6.39. The van der Waals surface area contributed by atoms with E-state index < -0.39 is 0 Å². The van der Waals surface area contributed by atoms with Crippen LogP contribution in [0.2, 0.25) is 0 Å². The van der Waals surface area contributed by atoms with Gasteiger partial charge in [0.1, 0.15) is 0 Å². The zero-order valence-corrected chi connectivity index (χ0v) is 7.29. The summed E-state index contributed by atoms with van der Waals surface area (Å²) in [4.78, 5) is 0. The van der Waals surface area contributed by atoms with Crippen molar-refractivity contribution in [2.24, 2.45) is 11.8 Å². The van der Waals surface area contributed by atoms with Crippen molar-refractivity contribution in [3.63, 3.8) is 0 Å². The first-order valence-corrected chi connectivity index (χ1v) is 3.77. The van der Waals surface area contributed by atoms with E-state index in [1.54, 1.807) is 7.11 Å². The summed E-state index contributed by atoms with van der Waals surface area (Å²) in [5.74, 6) is 0.720. The quantitative estimate of drug-likeness (QED) is 0.647. The Morgan fingerprint density at radius 2 is 1.80 bits per heavy atom. The smallest absolute Gasteiger partial charge is 0.0641 e. The van der Waals surface area contributed by atoms with E-state index in [0.29, 0.717) is 5.92 Å². The third-order valence-corrected chi connectivity index (χ3v) is 1.78. The van der Waals surface area contributed by atoms with Crippen LogP contribution in [0, 0.1) is 11.8 Å². The predicted octanol–water partition coefficient (Wildman–Crippen LogP) is 1.29. The SMILES string of the molecule is CO[C@@H](C(C)C)[C@H](C)CO. The van der Waals surface area contributed by atoms with Crippen molar-refractivity contribution in [2.45, 2.75) is 26.9 Å².